The van der Waals surface area contributed by atoms with Gasteiger partial charge in [0.15, 0.2) is 17.3 Å². The van der Waals surface area contributed by atoms with E-state index >= 15 is 0 Å². The van der Waals surface area contributed by atoms with Crippen molar-refractivity contribution in [1.29, 1.82) is 0 Å². The monoisotopic (exact) mass is 204 g/mol. The lowest BCUT2D eigenvalue weighted by molar-refractivity contribution is 0.355. The van der Waals surface area contributed by atoms with Crippen molar-refractivity contribution >= 4 is 0 Å². The van der Waals surface area contributed by atoms with Gasteiger partial charge in [-0.1, -0.05) is 0 Å². The van der Waals surface area contributed by atoms with Gasteiger partial charge < -0.3 is 13.9 Å². The van der Waals surface area contributed by atoms with Gasteiger partial charge >= 0.3 is 0 Å². The fraction of sp³-hybridized carbons (Fsp3) is 0.182. The normalized spacial score (nSPS) is 10.0. The molecule has 0 N–H and O–H groups in total. The number of aromatic nitrogens is 1. The summed E-state index contributed by atoms with van der Waals surface area (Å²) in [6, 6.07) is 5.51. The third-order valence-corrected chi connectivity index (χ3v) is 2.06. The topological polar surface area (TPSA) is 44.5 Å². The highest BCUT2D eigenvalue weighted by Crippen LogP contribution is 2.31. The predicted octanol–water partition coefficient (Wildman–Crippen LogP) is 2.16. The standard InChI is InChI=1S/C11H10NO3/c1-13-9-4-3-8(5-10(9)14-2)11-6-12-7-15-11/h3-6H,1-2H3. The molecule has 0 aliphatic heterocycles. The maximum atomic E-state index is 5.18. The smallest absolute Gasteiger partial charge is 0.284 e. The number of benzene rings is 1. The Morgan fingerprint density at radius 1 is 1.20 bits per heavy atom. The van der Waals surface area contributed by atoms with Crippen LogP contribution in [0.3, 0.4) is 0 Å². The van der Waals surface area contributed by atoms with E-state index in [-0.39, 0.29) is 0 Å². The molecule has 2 rings (SSSR count). The van der Waals surface area contributed by atoms with Crippen LogP contribution in [-0.2, 0) is 0 Å². The van der Waals surface area contributed by atoms with E-state index in [1.165, 1.54) is 0 Å². The highest BCUT2D eigenvalue weighted by Gasteiger charge is 2.07. The minimum atomic E-state index is 0.649. The lowest BCUT2D eigenvalue weighted by atomic mass is 10.1. The Morgan fingerprint density at radius 3 is 2.60 bits per heavy atom. The van der Waals surface area contributed by atoms with Gasteiger partial charge in [0.25, 0.3) is 6.39 Å². The van der Waals surface area contributed by atoms with Crippen LogP contribution in [0.15, 0.2) is 28.8 Å². The van der Waals surface area contributed by atoms with Crippen LogP contribution in [0.5, 0.6) is 11.5 Å². The molecule has 1 heterocycles. The van der Waals surface area contributed by atoms with Gasteiger partial charge in [-0.3, -0.25) is 0 Å². The molecular weight excluding hydrogens is 194 g/mol. The van der Waals surface area contributed by atoms with Gasteiger partial charge in [0, 0.05) is 5.56 Å². The SMILES string of the molecule is COc1ccc(-c2cn[c]o2)cc1OC. The molecule has 2 aromatic rings. The van der Waals surface area contributed by atoms with E-state index in [4.69, 9.17) is 13.9 Å². The van der Waals surface area contributed by atoms with E-state index in [9.17, 15) is 0 Å². The van der Waals surface area contributed by atoms with Crippen molar-refractivity contribution in [2.45, 2.75) is 0 Å². The fourth-order valence-electron chi connectivity index (χ4n) is 1.31. The first-order valence-corrected chi connectivity index (χ1v) is 4.39. The summed E-state index contributed by atoms with van der Waals surface area (Å²) in [5.74, 6) is 1.99. The van der Waals surface area contributed by atoms with Crippen LogP contribution in [0, 0.1) is 6.39 Å². The summed E-state index contributed by atoms with van der Waals surface area (Å²) in [7, 11) is 3.19. The molecule has 1 aromatic heterocycles. The minimum Gasteiger partial charge on any atom is -0.493 e. The first-order chi connectivity index (χ1) is 7.35. The fourth-order valence-corrected chi connectivity index (χ4v) is 1.31. The van der Waals surface area contributed by atoms with Crippen LogP contribution in [-0.4, -0.2) is 19.2 Å². The third kappa shape index (κ3) is 1.79. The van der Waals surface area contributed by atoms with Gasteiger partial charge in [0.05, 0.1) is 20.4 Å². The molecule has 0 aliphatic carbocycles. The highest BCUT2D eigenvalue weighted by atomic mass is 16.5. The van der Waals surface area contributed by atoms with E-state index in [1.807, 2.05) is 18.2 Å². The Bertz CT molecular complexity index is 437. The summed E-state index contributed by atoms with van der Waals surface area (Å²) >= 11 is 0. The molecule has 1 radical (unpaired) electrons. The number of hydrogen-bond donors (Lipinski definition) is 0. The summed E-state index contributed by atoms with van der Waals surface area (Å²) in [5.41, 5.74) is 0.876. The maximum Gasteiger partial charge on any atom is 0.284 e. The van der Waals surface area contributed by atoms with Crippen molar-refractivity contribution in [3.05, 3.63) is 30.8 Å². The van der Waals surface area contributed by atoms with Gasteiger partial charge in [0.1, 0.15) is 0 Å². The molecule has 0 fully saturated rings. The number of hydrogen-bond acceptors (Lipinski definition) is 4. The molecule has 15 heavy (non-hydrogen) atoms. The zero-order chi connectivity index (χ0) is 10.7. The van der Waals surface area contributed by atoms with Crippen LogP contribution in [0.25, 0.3) is 11.3 Å². The number of ether oxygens (including phenoxy) is 2. The van der Waals surface area contributed by atoms with E-state index in [0.717, 1.165) is 5.56 Å². The van der Waals surface area contributed by atoms with Crippen molar-refractivity contribution in [1.82, 2.24) is 4.98 Å². The molecule has 4 heteroatoms. The molecule has 0 unspecified atom stereocenters. The first kappa shape index (κ1) is 9.58. The number of nitrogens with zero attached hydrogens (tertiary/aromatic N) is 1. The lowest BCUT2D eigenvalue weighted by Gasteiger charge is -2.07. The molecule has 4 nitrogen and oxygen atoms in total. The molecule has 0 saturated heterocycles. The maximum absolute atomic E-state index is 5.18. The molecule has 0 bridgehead atoms. The first-order valence-electron chi connectivity index (χ1n) is 4.39. The number of oxazole rings is 1. The molecule has 0 atom stereocenters. The largest absolute Gasteiger partial charge is 0.493 e. The Hall–Kier alpha value is -1.97. The number of rotatable bonds is 3. The van der Waals surface area contributed by atoms with Crippen molar-refractivity contribution in [2.24, 2.45) is 0 Å². The average Bonchev–Trinajstić information content (AvgIpc) is 2.81. The molecular formula is C11H10NO3. The highest BCUT2D eigenvalue weighted by molar-refractivity contribution is 5.61. The van der Waals surface area contributed by atoms with Crippen LogP contribution in [0.2, 0.25) is 0 Å². The van der Waals surface area contributed by atoms with Gasteiger partial charge in [-0.25, -0.2) is 4.98 Å². The van der Waals surface area contributed by atoms with Gasteiger partial charge in [-0.15, -0.1) is 0 Å². The van der Waals surface area contributed by atoms with Gasteiger partial charge in [0.2, 0.25) is 0 Å². The Morgan fingerprint density at radius 2 is 2.00 bits per heavy atom. The quantitative estimate of drug-likeness (QED) is 0.768. The van der Waals surface area contributed by atoms with Crippen LogP contribution < -0.4 is 9.47 Å². The van der Waals surface area contributed by atoms with Crippen molar-refractivity contribution in [2.75, 3.05) is 14.2 Å². The van der Waals surface area contributed by atoms with Crippen molar-refractivity contribution in [3.8, 4) is 22.8 Å². The second kappa shape index (κ2) is 4.04. The number of methoxy groups -OCH3 is 2. The Balaban J connectivity index is 2.43. The molecule has 0 amide bonds. The predicted molar refractivity (Wildman–Crippen MR) is 53.9 cm³/mol. The Labute approximate surface area is 87.5 Å². The van der Waals surface area contributed by atoms with Crippen LogP contribution in [0.1, 0.15) is 0 Å². The van der Waals surface area contributed by atoms with E-state index in [0.29, 0.717) is 17.3 Å². The molecule has 1 aromatic carbocycles. The average molecular weight is 204 g/mol. The summed E-state index contributed by atoms with van der Waals surface area (Å²) in [5, 5.41) is 0. The Kier molecular flexibility index (Phi) is 2.58. The van der Waals surface area contributed by atoms with Gasteiger partial charge in [-0.2, -0.15) is 0 Å². The third-order valence-electron chi connectivity index (χ3n) is 2.06. The van der Waals surface area contributed by atoms with E-state index in [1.54, 1.807) is 20.4 Å². The lowest BCUT2D eigenvalue weighted by Crippen LogP contribution is -1.90. The van der Waals surface area contributed by atoms with Crippen molar-refractivity contribution < 1.29 is 13.9 Å². The molecule has 0 saturated carbocycles. The molecule has 0 spiro atoms. The van der Waals surface area contributed by atoms with Crippen LogP contribution in [0.4, 0.5) is 0 Å². The summed E-state index contributed by atoms with van der Waals surface area (Å²) in [4.78, 5) is 3.73. The van der Waals surface area contributed by atoms with Crippen molar-refractivity contribution in [3.63, 3.8) is 0 Å². The molecule has 0 aliphatic rings. The summed E-state index contributed by atoms with van der Waals surface area (Å²) in [6.45, 7) is 0. The zero-order valence-corrected chi connectivity index (χ0v) is 8.48. The second-order valence-electron chi connectivity index (χ2n) is 2.89. The summed E-state index contributed by atoms with van der Waals surface area (Å²) in [6.07, 6.45) is 4.00. The summed E-state index contributed by atoms with van der Waals surface area (Å²) < 4.78 is 15.4. The van der Waals surface area contributed by atoms with E-state index < -0.39 is 0 Å². The van der Waals surface area contributed by atoms with E-state index in [2.05, 4.69) is 11.4 Å². The minimum absolute atomic E-state index is 0.649. The molecule has 77 valence electrons. The second-order valence-corrected chi connectivity index (χ2v) is 2.89. The zero-order valence-electron chi connectivity index (χ0n) is 8.48. The van der Waals surface area contributed by atoms with Crippen LogP contribution >= 0.6 is 0 Å². The van der Waals surface area contributed by atoms with Gasteiger partial charge in [-0.05, 0) is 18.2 Å².